The SMILES string of the molecule is CCCNCCCCCCCCCc1ccccc1. The predicted octanol–water partition coefficient (Wildman–Crippen LogP) is 4.96. The van der Waals surface area contributed by atoms with Crippen LogP contribution in [0, 0.1) is 0 Å². The number of benzene rings is 1. The van der Waals surface area contributed by atoms with Crippen molar-refractivity contribution < 1.29 is 0 Å². The lowest BCUT2D eigenvalue weighted by atomic mass is 10.0. The van der Waals surface area contributed by atoms with Crippen LogP contribution in [0.15, 0.2) is 30.3 Å². The Hall–Kier alpha value is -0.820. The van der Waals surface area contributed by atoms with Crippen molar-refractivity contribution in [3.8, 4) is 0 Å². The lowest BCUT2D eigenvalue weighted by Gasteiger charge is -2.04. The molecule has 1 aromatic rings. The van der Waals surface area contributed by atoms with E-state index in [-0.39, 0.29) is 0 Å². The van der Waals surface area contributed by atoms with E-state index in [2.05, 4.69) is 42.6 Å². The Morgan fingerprint density at radius 1 is 0.737 bits per heavy atom. The third-order valence-electron chi connectivity index (χ3n) is 3.59. The molecule has 1 N–H and O–H groups in total. The number of unbranched alkanes of at least 4 members (excludes halogenated alkanes) is 6. The van der Waals surface area contributed by atoms with E-state index in [4.69, 9.17) is 0 Å². The van der Waals surface area contributed by atoms with Crippen molar-refractivity contribution in [2.45, 2.75) is 64.7 Å². The highest BCUT2D eigenvalue weighted by Crippen LogP contribution is 2.10. The molecule has 108 valence electrons. The summed E-state index contributed by atoms with van der Waals surface area (Å²) in [7, 11) is 0. The molecule has 1 nitrogen and oxygen atoms in total. The fourth-order valence-corrected chi connectivity index (χ4v) is 2.41. The summed E-state index contributed by atoms with van der Waals surface area (Å²) >= 11 is 0. The van der Waals surface area contributed by atoms with Gasteiger partial charge in [-0.25, -0.2) is 0 Å². The Kier molecular flexibility index (Phi) is 10.4. The number of nitrogens with one attached hydrogen (secondary N) is 1. The summed E-state index contributed by atoms with van der Waals surface area (Å²) in [5.74, 6) is 0. The Bertz CT molecular complexity index is 281. The van der Waals surface area contributed by atoms with Gasteiger partial charge in [-0.3, -0.25) is 0 Å². The van der Waals surface area contributed by atoms with E-state index < -0.39 is 0 Å². The van der Waals surface area contributed by atoms with Crippen molar-refractivity contribution in [1.29, 1.82) is 0 Å². The molecule has 19 heavy (non-hydrogen) atoms. The molecule has 0 bridgehead atoms. The maximum atomic E-state index is 3.46. The molecule has 1 heteroatoms. The molecule has 0 amide bonds. The van der Waals surface area contributed by atoms with Gasteiger partial charge in [0.25, 0.3) is 0 Å². The molecule has 1 aromatic carbocycles. The van der Waals surface area contributed by atoms with E-state index >= 15 is 0 Å². The Labute approximate surface area is 119 Å². The number of rotatable bonds is 12. The normalized spacial score (nSPS) is 10.8. The fraction of sp³-hybridized carbons (Fsp3) is 0.667. The molecule has 0 aliphatic heterocycles. The number of hydrogen-bond acceptors (Lipinski definition) is 1. The molecule has 0 saturated carbocycles. The van der Waals surface area contributed by atoms with Crippen LogP contribution in [0.2, 0.25) is 0 Å². The molecule has 0 radical (unpaired) electrons. The van der Waals surface area contributed by atoms with Crippen LogP contribution in [0.1, 0.15) is 63.9 Å². The Morgan fingerprint density at radius 2 is 1.37 bits per heavy atom. The van der Waals surface area contributed by atoms with Gasteiger partial charge >= 0.3 is 0 Å². The third kappa shape index (κ3) is 9.72. The van der Waals surface area contributed by atoms with Gasteiger partial charge in [0.15, 0.2) is 0 Å². The van der Waals surface area contributed by atoms with Gasteiger partial charge in [0.2, 0.25) is 0 Å². The minimum absolute atomic E-state index is 1.18. The average Bonchev–Trinajstić information content (AvgIpc) is 2.46. The highest BCUT2D eigenvalue weighted by atomic mass is 14.8. The van der Waals surface area contributed by atoms with Gasteiger partial charge in [-0.05, 0) is 44.3 Å². The largest absolute Gasteiger partial charge is 0.317 e. The molecule has 1 rings (SSSR count). The molecule has 0 spiro atoms. The van der Waals surface area contributed by atoms with Crippen molar-refractivity contribution in [1.82, 2.24) is 5.32 Å². The summed E-state index contributed by atoms with van der Waals surface area (Å²) < 4.78 is 0. The van der Waals surface area contributed by atoms with Crippen LogP contribution in [-0.4, -0.2) is 13.1 Å². The zero-order valence-corrected chi connectivity index (χ0v) is 12.7. The molecule has 0 fully saturated rings. The van der Waals surface area contributed by atoms with Gasteiger partial charge < -0.3 is 5.32 Å². The summed E-state index contributed by atoms with van der Waals surface area (Å²) in [6.07, 6.45) is 12.2. The van der Waals surface area contributed by atoms with Crippen LogP contribution < -0.4 is 5.32 Å². The molecule has 0 aliphatic carbocycles. The second-order valence-corrected chi connectivity index (χ2v) is 5.46. The summed E-state index contributed by atoms with van der Waals surface area (Å²) in [4.78, 5) is 0. The zero-order chi connectivity index (χ0) is 13.6. The molecule has 0 saturated heterocycles. The first-order valence-electron chi connectivity index (χ1n) is 8.18. The maximum absolute atomic E-state index is 3.46. The van der Waals surface area contributed by atoms with Gasteiger partial charge in [-0.1, -0.05) is 69.4 Å². The molecule has 0 aromatic heterocycles. The van der Waals surface area contributed by atoms with Crippen LogP contribution in [0.25, 0.3) is 0 Å². The summed E-state index contributed by atoms with van der Waals surface area (Å²) in [6, 6.07) is 10.9. The zero-order valence-electron chi connectivity index (χ0n) is 12.7. The fourth-order valence-electron chi connectivity index (χ4n) is 2.41. The molecule has 0 unspecified atom stereocenters. The van der Waals surface area contributed by atoms with Crippen molar-refractivity contribution in [2.24, 2.45) is 0 Å². The molecule has 0 heterocycles. The smallest absolute Gasteiger partial charge is 0.00489 e. The van der Waals surface area contributed by atoms with Crippen LogP contribution in [0.3, 0.4) is 0 Å². The van der Waals surface area contributed by atoms with Crippen LogP contribution in [0.4, 0.5) is 0 Å². The number of aryl methyl sites for hydroxylation is 1. The first-order valence-corrected chi connectivity index (χ1v) is 8.18. The van der Waals surface area contributed by atoms with Gasteiger partial charge in [-0.2, -0.15) is 0 Å². The molecular weight excluding hydrogens is 230 g/mol. The Morgan fingerprint density at radius 3 is 2.05 bits per heavy atom. The quantitative estimate of drug-likeness (QED) is 0.524. The minimum Gasteiger partial charge on any atom is -0.317 e. The summed E-state index contributed by atoms with van der Waals surface area (Å²) in [5.41, 5.74) is 1.49. The lowest BCUT2D eigenvalue weighted by Crippen LogP contribution is -2.15. The highest BCUT2D eigenvalue weighted by Gasteiger charge is 1.94. The third-order valence-corrected chi connectivity index (χ3v) is 3.59. The minimum atomic E-state index is 1.18. The average molecular weight is 261 g/mol. The van der Waals surface area contributed by atoms with Crippen molar-refractivity contribution in [2.75, 3.05) is 13.1 Å². The van der Waals surface area contributed by atoms with E-state index in [1.54, 1.807) is 0 Å². The second kappa shape index (κ2) is 12.2. The monoisotopic (exact) mass is 261 g/mol. The molecule has 0 aliphatic rings. The predicted molar refractivity (Wildman–Crippen MR) is 85.6 cm³/mol. The van der Waals surface area contributed by atoms with E-state index in [1.165, 1.54) is 76.4 Å². The lowest BCUT2D eigenvalue weighted by molar-refractivity contribution is 0.556. The number of hydrogen-bond donors (Lipinski definition) is 1. The van der Waals surface area contributed by atoms with Crippen LogP contribution in [0.5, 0.6) is 0 Å². The van der Waals surface area contributed by atoms with Gasteiger partial charge in [0.1, 0.15) is 0 Å². The van der Waals surface area contributed by atoms with Crippen molar-refractivity contribution in [3.05, 3.63) is 35.9 Å². The molecular formula is C18H31N. The van der Waals surface area contributed by atoms with E-state index in [0.717, 1.165) is 0 Å². The Balaban J connectivity index is 1.79. The first kappa shape index (κ1) is 16.2. The first-order chi connectivity index (χ1) is 9.43. The van der Waals surface area contributed by atoms with Gasteiger partial charge in [0, 0.05) is 0 Å². The van der Waals surface area contributed by atoms with Gasteiger partial charge in [0.05, 0.1) is 0 Å². The van der Waals surface area contributed by atoms with E-state index in [9.17, 15) is 0 Å². The van der Waals surface area contributed by atoms with Crippen LogP contribution in [-0.2, 0) is 6.42 Å². The standard InChI is InChI=1S/C18H31N/c1-2-16-19-17-12-7-5-3-4-6-9-13-18-14-10-8-11-15-18/h8,10-11,14-15,19H,2-7,9,12-13,16-17H2,1H3. The second-order valence-electron chi connectivity index (χ2n) is 5.46. The topological polar surface area (TPSA) is 12.0 Å². The van der Waals surface area contributed by atoms with Crippen molar-refractivity contribution >= 4 is 0 Å². The summed E-state index contributed by atoms with van der Waals surface area (Å²) in [5, 5.41) is 3.46. The summed E-state index contributed by atoms with van der Waals surface area (Å²) in [6.45, 7) is 4.61. The van der Waals surface area contributed by atoms with E-state index in [1.807, 2.05) is 0 Å². The van der Waals surface area contributed by atoms with Gasteiger partial charge in [-0.15, -0.1) is 0 Å². The van der Waals surface area contributed by atoms with E-state index in [0.29, 0.717) is 0 Å². The molecule has 0 atom stereocenters. The maximum Gasteiger partial charge on any atom is -0.00489 e. The van der Waals surface area contributed by atoms with Crippen molar-refractivity contribution in [3.63, 3.8) is 0 Å². The highest BCUT2D eigenvalue weighted by molar-refractivity contribution is 5.14. The van der Waals surface area contributed by atoms with Crippen LogP contribution >= 0.6 is 0 Å².